The Morgan fingerprint density at radius 3 is 2.61 bits per heavy atom. The molecule has 0 saturated heterocycles. The van der Waals surface area contributed by atoms with E-state index in [-0.39, 0.29) is 12.5 Å². The minimum atomic E-state index is -4.40. The van der Waals surface area contributed by atoms with E-state index in [1.54, 1.807) is 0 Å². The van der Waals surface area contributed by atoms with Crippen LogP contribution in [-0.4, -0.2) is 30.8 Å². The molecule has 0 aromatic carbocycles. The van der Waals surface area contributed by atoms with Gasteiger partial charge in [-0.1, -0.05) is 19.8 Å². The maximum absolute atomic E-state index is 12.0. The third-order valence-electron chi connectivity index (χ3n) is 3.63. The van der Waals surface area contributed by atoms with Gasteiger partial charge in [-0.3, -0.25) is 0 Å². The number of nitrogens with one attached hydrogen (secondary N) is 2. The maximum Gasteiger partial charge on any atom is 0.405 e. The highest BCUT2D eigenvalue weighted by Crippen LogP contribution is 2.32. The van der Waals surface area contributed by atoms with Crippen LogP contribution < -0.4 is 16.4 Å². The molecule has 1 fully saturated rings. The topological polar surface area (TPSA) is 67.1 Å². The van der Waals surface area contributed by atoms with Crippen LogP contribution in [0.4, 0.5) is 18.0 Å². The van der Waals surface area contributed by atoms with E-state index in [4.69, 9.17) is 5.73 Å². The van der Waals surface area contributed by atoms with Gasteiger partial charge in [0.2, 0.25) is 0 Å². The Hall–Kier alpha value is -0.980. The summed E-state index contributed by atoms with van der Waals surface area (Å²) >= 11 is 0. The second kappa shape index (κ2) is 5.77. The fourth-order valence-corrected chi connectivity index (χ4v) is 2.40. The lowest BCUT2D eigenvalue weighted by Crippen LogP contribution is -2.61. The third kappa shape index (κ3) is 4.04. The Morgan fingerprint density at radius 2 is 2.11 bits per heavy atom. The van der Waals surface area contributed by atoms with Crippen molar-refractivity contribution in [3.05, 3.63) is 0 Å². The van der Waals surface area contributed by atoms with Gasteiger partial charge in [0.25, 0.3) is 0 Å². The molecule has 2 atom stereocenters. The van der Waals surface area contributed by atoms with Gasteiger partial charge in [0, 0.05) is 6.54 Å². The second-order valence-corrected chi connectivity index (χ2v) is 4.93. The molecule has 4 N–H and O–H groups in total. The van der Waals surface area contributed by atoms with Crippen LogP contribution in [-0.2, 0) is 0 Å². The Kier molecular flexibility index (Phi) is 4.84. The average molecular weight is 267 g/mol. The molecule has 0 aromatic heterocycles. The number of carbonyl (C=O) groups excluding carboxylic acids is 1. The van der Waals surface area contributed by atoms with E-state index in [0.717, 1.165) is 19.3 Å². The molecule has 2 amide bonds. The molecular formula is C11H20F3N3O. The van der Waals surface area contributed by atoms with Crippen LogP contribution in [0.15, 0.2) is 0 Å². The molecule has 0 radical (unpaired) electrons. The maximum atomic E-state index is 12.0. The van der Waals surface area contributed by atoms with Gasteiger partial charge in [0.05, 0.1) is 5.54 Å². The molecular weight excluding hydrogens is 247 g/mol. The summed E-state index contributed by atoms with van der Waals surface area (Å²) in [5, 5.41) is 4.45. The second-order valence-electron chi connectivity index (χ2n) is 4.93. The fourth-order valence-electron chi connectivity index (χ4n) is 2.40. The largest absolute Gasteiger partial charge is 0.405 e. The number of nitrogens with two attached hydrogens (primary N) is 1. The first-order chi connectivity index (χ1) is 8.29. The summed E-state index contributed by atoms with van der Waals surface area (Å²) in [7, 11) is 0. The molecule has 1 rings (SSSR count). The van der Waals surface area contributed by atoms with Crippen molar-refractivity contribution in [2.24, 2.45) is 11.7 Å². The highest BCUT2D eigenvalue weighted by atomic mass is 19.4. The highest BCUT2D eigenvalue weighted by molar-refractivity contribution is 5.75. The summed E-state index contributed by atoms with van der Waals surface area (Å²) < 4.78 is 35.9. The van der Waals surface area contributed by atoms with Gasteiger partial charge in [-0.15, -0.1) is 0 Å². The zero-order valence-electron chi connectivity index (χ0n) is 10.4. The molecule has 18 heavy (non-hydrogen) atoms. The van der Waals surface area contributed by atoms with Crippen LogP contribution in [0.3, 0.4) is 0 Å². The number of alkyl halides is 3. The molecule has 1 saturated carbocycles. The van der Waals surface area contributed by atoms with E-state index in [2.05, 4.69) is 5.32 Å². The molecule has 0 spiro atoms. The van der Waals surface area contributed by atoms with Crippen molar-refractivity contribution in [2.75, 3.05) is 13.1 Å². The van der Waals surface area contributed by atoms with Crippen LogP contribution in [0.2, 0.25) is 0 Å². The molecule has 0 bridgehead atoms. The summed E-state index contributed by atoms with van der Waals surface area (Å²) in [4.78, 5) is 11.5. The lowest BCUT2D eigenvalue weighted by Gasteiger charge is -2.42. The number of carbonyl (C=O) groups is 1. The summed E-state index contributed by atoms with van der Waals surface area (Å²) in [5.41, 5.74) is 5.12. The number of hydrogen-bond acceptors (Lipinski definition) is 2. The van der Waals surface area contributed by atoms with Gasteiger partial charge in [0.15, 0.2) is 0 Å². The number of amides is 2. The van der Waals surface area contributed by atoms with E-state index in [1.807, 2.05) is 12.2 Å². The molecule has 0 aromatic rings. The van der Waals surface area contributed by atoms with E-state index in [0.29, 0.717) is 6.42 Å². The van der Waals surface area contributed by atoms with Gasteiger partial charge in [-0.2, -0.15) is 13.2 Å². The van der Waals surface area contributed by atoms with E-state index >= 15 is 0 Å². The van der Waals surface area contributed by atoms with Crippen molar-refractivity contribution in [3.8, 4) is 0 Å². The molecule has 2 unspecified atom stereocenters. The molecule has 0 aliphatic heterocycles. The molecule has 1 aliphatic carbocycles. The number of rotatable bonds is 3. The summed E-state index contributed by atoms with van der Waals surface area (Å²) in [6.45, 7) is 0.886. The first-order valence-electron chi connectivity index (χ1n) is 6.12. The zero-order chi connectivity index (χ0) is 13.8. The van der Waals surface area contributed by atoms with Crippen LogP contribution in [0, 0.1) is 5.92 Å². The van der Waals surface area contributed by atoms with Crippen molar-refractivity contribution < 1.29 is 18.0 Å². The first-order valence-corrected chi connectivity index (χ1v) is 6.12. The predicted octanol–water partition coefficient (Wildman–Crippen LogP) is 1.76. The summed E-state index contributed by atoms with van der Waals surface area (Å²) in [6, 6.07) is -0.800. The van der Waals surface area contributed by atoms with Crippen LogP contribution >= 0.6 is 0 Å². The Bertz CT molecular complexity index is 296. The quantitative estimate of drug-likeness (QED) is 0.729. The van der Waals surface area contributed by atoms with Gasteiger partial charge in [-0.05, 0) is 18.8 Å². The highest BCUT2D eigenvalue weighted by Gasteiger charge is 2.38. The van der Waals surface area contributed by atoms with Crippen LogP contribution in [0.1, 0.15) is 32.6 Å². The number of halogens is 3. The predicted molar refractivity (Wildman–Crippen MR) is 62.0 cm³/mol. The molecule has 1 aliphatic rings. The van der Waals surface area contributed by atoms with Crippen LogP contribution in [0.5, 0.6) is 0 Å². The first kappa shape index (κ1) is 15.1. The van der Waals surface area contributed by atoms with E-state index in [9.17, 15) is 18.0 Å². The van der Waals surface area contributed by atoms with Crippen molar-refractivity contribution >= 4 is 6.03 Å². The van der Waals surface area contributed by atoms with Gasteiger partial charge in [-0.25, -0.2) is 4.79 Å². The van der Waals surface area contributed by atoms with Gasteiger partial charge in [0.1, 0.15) is 6.54 Å². The van der Waals surface area contributed by atoms with Crippen molar-refractivity contribution in [2.45, 2.75) is 44.3 Å². The summed E-state index contributed by atoms with van der Waals surface area (Å²) in [5.74, 6) is 0.174. The van der Waals surface area contributed by atoms with Crippen molar-refractivity contribution in [3.63, 3.8) is 0 Å². The fraction of sp³-hybridized carbons (Fsp3) is 0.909. The lowest BCUT2D eigenvalue weighted by molar-refractivity contribution is -0.122. The van der Waals surface area contributed by atoms with E-state index < -0.39 is 24.3 Å². The number of hydrogen-bond donors (Lipinski definition) is 3. The zero-order valence-corrected chi connectivity index (χ0v) is 10.4. The molecule has 106 valence electrons. The minimum absolute atomic E-state index is 0.174. The summed E-state index contributed by atoms with van der Waals surface area (Å²) in [6.07, 6.45) is -0.762. The third-order valence-corrected chi connectivity index (χ3v) is 3.63. The van der Waals surface area contributed by atoms with Crippen molar-refractivity contribution in [1.29, 1.82) is 0 Å². The monoisotopic (exact) mass is 267 g/mol. The van der Waals surface area contributed by atoms with Crippen molar-refractivity contribution in [1.82, 2.24) is 10.6 Å². The normalized spacial score (nSPS) is 28.8. The smallest absolute Gasteiger partial charge is 0.331 e. The van der Waals surface area contributed by atoms with Gasteiger partial charge < -0.3 is 16.4 Å². The Balaban J connectivity index is 2.54. The Labute approximate surface area is 104 Å². The van der Waals surface area contributed by atoms with Gasteiger partial charge >= 0.3 is 12.2 Å². The molecule has 0 heterocycles. The van der Waals surface area contributed by atoms with E-state index in [1.165, 1.54) is 0 Å². The molecule has 4 nitrogen and oxygen atoms in total. The van der Waals surface area contributed by atoms with Crippen LogP contribution in [0.25, 0.3) is 0 Å². The SMILES string of the molecule is CC1CCCCC1(CN)NC(=O)NCC(F)(F)F. The average Bonchev–Trinajstić information content (AvgIpc) is 2.29. The lowest BCUT2D eigenvalue weighted by atomic mass is 9.73. The minimum Gasteiger partial charge on any atom is -0.331 e. The molecule has 7 heteroatoms. The number of urea groups is 1. The standard InChI is InChI=1S/C11H20F3N3O/c1-8-4-2-3-5-10(8,6-15)17-9(18)16-7-11(12,13)14/h8H,2-7,15H2,1H3,(H2,16,17,18). The Morgan fingerprint density at radius 1 is 1.44 bits per heavy atom.